The first kappa shape index (κ1) is 28.3. The van der Waals surface area contributed by atoms with Gasteiger partial charge in [0, 0.05) is 62.3 Å². The molecule has 1 saturated carbocycles. The number of carbonyl (C=O) groups is 1. The van der Waals surface area contributed by atoms with Gasteiger partial charge in [-0.15, -0.1) is 0 Å². The molecule has 3 aromatic rings. The van der Waals surface area contributed by atoms with Gasteiger partial charge in [0.1, 0.15) is 18.2 Å². The van der Waals surface area contributed by atoms with Gasteiger partial charge in [-0.1, -0.05) is 17.7 Å². The van der Waals surface area contributed by atoms with Crippen LogP contribution in [0.4, 0.5) is 14.6 Å². The fourth-order valence-corrected chi connectivity index (χ4v) is 5.85. The molecule has 5 rings (SSSR count). The van der Waals surface area contributed by atoms with Crippen LogP contribution in [-0.4, -0.2) is 57.0 Å². The molecule has 9 nitrogen and oxygen atoms in total. The van der Waals surface area contributed by atoms with Crippen LogP contribution in [0.3, 0.4) is 0 Å². The molecular formula is C28H32ClF2N5O4. The number of hydrogen-bond donors (Lipinski definition) is 3. The molecule has 4 N–H and O–H groups in total. The minimum Gasteiger partial charge on any atom is -0.484 e. The largest absolute Gasteiger partial charge is 0.484 e. The van der Waals surface area contributed by atoms with Gasteiger partial charge in [-0.3, -0.25) is 9.69 Å². The van der Waals surface area contributed by atoms with Gasteiger partial charge >= 0.3 is 0 Å². The molecular weight excluding hydrogens is 544 g/mol. The quantitative estimate of drug-likeness (QED) is 0.326. The lowest BCUT2D eigenvalue weighted by molar-refractivity contribution is -0.0374. The number of hydrogen-bond acceptors (Lipinski definition) is 8. The number of primary amides is 1. The third kappa shape index (κ3) is 6.71. The number of nitrogens with one attached hydrogen (secondary N) is 1. The van der Waals surface area contributed by atoms with Gasteiger partial charge in [0.05, 0.1) is 17.3 Å². The SMILES string of the molecule is NC(=O)c1ccnc(NC2CCCC(F)(F)C2)c1C[C@H](O)CN1CCc2c(ccc(OCc3cnco3)c2Cl)C1. The Morgan fingerprint density at radius 2 is 2.23 bits per heavy atom. The number of pyridine rings is 1. The Labute approximate surface area is 235 Å². The summed E-state index contributed by atoms with van der Waals surface area (Å²) in [6.07, 6.45) is 4.79. The molecule has 12 heteroatoms. The Morgan fingerprint density at radius 3 is 2.98 bits per heavy atom. The molecule has 3 heterocycles. The highest BCUT2D eigenvalue weighted by atomic mass is 35.5. The highest BCUT2D eigenvalue weighted by Gasteiger charge is 2.36. The van der Waals surface area contributed by atoms with E-state index in [1.807, 2.05) is 12.1 Å². The Balaban J connectivity index is 1.24. The molecule has 2 aromatic heterocycles. The Bertz CT molecular complexity index is 1340. The number of benzene rings is 1. The zero-order chi connectivity index (χ0) is 28.3. The highest BCUT2D eigenvalue weighted by molar-refractivity contribution is 6.33. The van der Waals surface area contributed by atoms with Crippen molar-refractivity contribution in [3.63, 3.8) is 0 Å². The number of nitrogens with zero attached hydrogens (tertiary/aromatic N) is 3. The number of fused-ring (bicyclic) bond motifs is 1. The first-order valence-corrected chi connectivity index (χ1v) is 13.7. The molecule has 1 fully saturated rings. The van der Waals surface area contributed by atoms with E-state index in [2.05, 4.69) is 20.2 Å². The summed E-state index contributed by atoms with van der Waals surface area (Å²) in [5.41, 5.74) is 8.30. The number of aliphatic hydroxyl groups is 1. The molecule has 0 spiro atoms. The lowest BCUT2D eigenvalue weighted by Gasteiger charge is -2.32. The summed E-state index contributed by atoms with van der Waals surface area (Å²) in [5, 5.41) is 14.7. The van der Waals surface area contributed by atoms with E-state index < -0.39 is 24.0 Å². The maximum Gasteiger partial charge on any atom is 0.250 e. The highest BCUT2D eigenvalue weighted by Crippen LogP contribution is 2.36. The minimum atomic E-state index is -2.74. The molecule has 1 amide bonds. The molecule has 0 radical (unpaired) electrons. The van der Waals surface area contributed by atoms with Crippen LogP contribution >= 0.6 is 11.6 Å². The summed E-state index contributed by atoms with van der Waals surface area (Å²) < 4.78 is 39.0. The number of rotatable bonds is 10. The molecule has 2 aliphatic rings. The van der Waals surface area contributed by atoms with Crippen LogP contribution in [0.5, 0.6) is 5.75 Å². The maximum atomic E-state index is 14.0. The molecule has 0 bridgehead atoms. The van der Waals surface area contributed by atoms with Crippen LogP contribution in [0.1, 0.15) is 58.5 Å². The van der Waals surface area contributed by atoms with Crippen LogP contribution in [0.2, 0.25) is 5.02 Å². The van der Waals surface area contributed by atoms with Crippen LogP contribution in [-0.2, 0) is 26.0 Å². The second kappa shape index (κ2) is 12.1. The second-order valence-electron chi connectivity index (χ2n) is 10.5. The van der Waals surface area contributed by atoms with E-state index in [1.165, 1.54) is 18.7 Å². The molecule has 1 aromatic carbocycles. The van der Waals surface area contributed by atoms with E-state index in [4.69, 9.17) is 26.5 Å². The molecule has 2 atom stereocenters. The molecule has 40 heavy (non-hydrogen) atoms. The lowest BCUT2D eigenvalue weighted by Crippen LogP contribution is -2.38. The van der Waals surface area contributed by atoms with E-state index in [1.54, 1.807) is 6.20 Å². The predicted molar refractivity (Wildman–Crippen MR) is 145 cm³/mol. The van der Waals surface area contributed by atoms with Crippen molar-refractivity contribution in [1.82, 2.24) is 14.9 Å². The summed E-state index contributed by atoms with van der Waals surface area (Å²) in [5.74, 6) is -1.93. The van der Waals surface area contributed by atoms with Crippen molar-refractivity contribution >= 4 is 23.3 Å². The topological polar surface area (TPSA) is 127 Å². The van der Waals surface area contributed by atoms with Crippen LogP contribution in [0, 0.1) is 0 Å². The number of amides is 1. The zero-order valence-electron chi connectivity index (χ0n) is 21.9. The predicted octanol–water partition coefficient (Wildman–Crippen LogP) is 4.35. The van der Waals surface area contributed by atoms with Crippen molar-refractivity contribution in [2.24, 2.45) is 5.73 Å². The lowest BCUT2D eigenvalue weighted by atomic mass is 9.91. The van der Waals surface area contributed by atoms with Crippen LogP contribution in [0.25, 0.3) is 0 Å². The smallest absolute Gasteiger partial charge is 0.250 e. The van der Waals surface area contributed by atoms with Crippen LogP contribution in [0.15, 0.2) is 41.4 Å². The van der Waals surface area contributed by atoms with Crippen molar-refractivity contribution in [2.75, 3.05) is 18.4 Å². The number of oxazole rings is 1. The average Bonchev–Trinajstić information content (AvgIpc) is 3.42. The van der Waals surface area contributed by atoms with Gasteiger partial charge in [-0.25, -0.2) is 18.7 Å². The summed E-state index contributed by atoms with van der Waals surface area (Å²) in [4.78, 5) is 22.5. The summed E-state index contributed by atoms with van der Waals surface area (Å²) in [6.45, 7) is 1.78. The third-order valence-corrected chi connectivity index (χ3v) is 7.86. The zero-order valence-corrected chi connectivity index (χ0v) is 22.7. The van der Waals surface area contributed by atoms with Crippen molar-refractivity contribution in [3.8, 4) is 5.75 Å². The minimum absolute atomic E-state index is 0.0933. The maximum absolute atomic E-state index is 14.0. The van der Waals surface area contributed by atoms with Gasteiger partial charge in [-0.2, -0.15) is 0 Å². The van der Waals surface area contributed by atoms with Gasteiger partial charge in [-0.05, 0) is 42.5 Å². The molecule has 1 unspecified atom stereocenters. The number of β-amino-alcohol motifs (C(OH)–C–C–N with tert-alkyl or cyclic N) is 1. The third-order valence-electron chi connectivity index (χ3n) is 7.44. The van der Waals surface area contributed by atoms with Gasteiger partial charge < -0.3 is 25.3 Å². The number of carbonyl (C=O) groups excluding carboxylic acids is 1. The Kier molecular flexibility index (Phi) is 8.53. The number of anilines is 1. The van der Waals surface area contributed by atoms with E-state index in [-0.39, 0.29) is 31.4 Å². The van der Waals surface area contributed by atoms with Gasteiger partial charge in [0.25, 0.3) is 0 Å². The van der Waals surface area contributed by atoms with Crippen molar-refractivity contribution < 1.29 is 27.8 Å². The van der Waals surface area contributed by atoms with Gasteiger partial charge in [0.2, 0.25) is 11.8 Å². The van der Waals surface area contributed by atoms with Gasteiger partial charge in [0.15, 0.2) is 12.2 Å². The van der Waals surface area contributed by atoms with E-state index in [0.29, 0.717) is 66.8 Å². The summed E-state index contributed by atoms with van der Waals surface area (Å²) in [6, 6.07) is 4.79. The standard InChI is InChI=1S/C28H32ClF2N5O4/c29-25-21-6-9-36(13-17(21)3-4-24(25)39-15-20-12-33-16-40-20)14-19(37)10-23-22(26(32)38)5-8-34-27(23)35-18-2-1-7-28(30,31)11-18/h3-5,8,12,16,18-19,37H,1-2,6-7,9-11,13-15H2,(H2,32,38)(H,34,35)/t18?,19-/m0/s1. The monoisotopic (exact) mass is 575 g/mol. The van der Waals surface area contributed by atoms with Crippen molar-refractivity contribution in [3.05, 3.63) is 70.0 Å². The molecule has 1 aliphatic carbocycles. The average molecular weight is 576 g/mol. The van der Waals surface area contributed by atoms with Crippen molar-refractivity contribution in [1.29, 1.82) is 0 Å². The second-order valence-corrected chi connectivity index (χ2v) is 10.8. The molecule has 1 aliphatic heterocycles. The fraction of sp³-hybridized carbons (Fsp3) is 0.464. The number of aromatic nitrogens is 2. The summed E-state index contributed by atoms with van der Waals surface area (Å²) >= 11 is 6.65. The molecule has 0 saturated heterocycles. The number of ether oxygens (including phenoxy) is 1. The first-order chi connectivity index (χ1) is 19.2. The van der Waals surface area contributed by atoms with E-state index >= 15 is 0 Å². The number of halogens is 3. The van der Waals surface area contributed by atoms with Crippen molar-refractivity contribution in [2.45, 2.75) is 69.7 Å². The Hall–Kier alpha value is -3.28. The number of aliphatic hydroxyl groups excluding tert-OH is 1. The van der Waals surface area contributed by atoms with E-state index in [0.717, 1.165) is 11.1 Å². The number of alkyl halides is 2. The summed E-state index contributed by atoms with van der Waals surface area (Å²) in [7, 11) is 0. The fourth-order valence-electron chi connectivity index (χ4n) is 5.52. The first-order valence-electron chi connectivity index (χ1n) is 13.3. The molecule has 214 valence electrons. The van der Waals surface area contributed by atoms with E-state index in [9.17, 15) is 18.7 Å². The number of nitrogens with two attached hydrogens (primary N) is 1. The normalized spacial score (nSPS) is 19.6. The van der Waals surface area contributed by atoms with Crippen LogP contribution < -0.4 is 15.8 Å². The Morgan fingerprint density at radius 1 is 1.38 bits per heavy atom.